The number of carbonyl (C=O) groups excluding carboxylic acids is 8. The van der Waals surface area contributed by atoms with Crippen molar-refractivity contribution in [1.29, 1.82) is 0 Å². The van der Waals surface area contributed by atoms with Gasteiger partial charge in [0.25, 0.3) is 0 Å². The van der Waals surface area contributed by atoms with Crippen LogP contribution in [0.1, 0.15) is 161 Å². The highest BCUT2D eigenvalue weighted by Crippen LogP contribution is 3.23. The zero-order valence-electron chi connectivity index (χ0n) is 79.0. The summed E-state index contributed by atoms with van der Waals surface area (Å²) in [7, 11) is 81.6. The van der Waals surface area contributed by atoms with Crippen LogP contribution >= 0.6 is 452 Å². The van der Waals surface area contributed by atoms with Crippen LogP contribution in [0.3, 0.4) is 0 Å². The van der Waals surface area contributed by atoms with Gasteiger partial charge in [0.2, 0.25) is 18.0 Å². The largest absolute Gasteiger partial charge is 0.464 e. The first kappa shape index (κ1) is 159. The van der Waals surface area contributed by atoms with E-state index < -0.39 is 57.9 Å². The summed E-state index contributed by atoms with van der Waals surface area (Å²) in [5.41, 5.74) is -3.30. The maximum Gasteiger partial charge on any atom is 0.322 e. The lowest BCUT2D eigenvalue weighted by Crippen LogP contribution is -2.40. The first-order chi connectivity index (χ1) is 62.4. The maximum absolute atomic E-state index is 12.7. The van der Waals surface area contributed by atoms with Gasteiger partial charge in [-0.1, -0.05) is 118 Å². The Kier molecular flexibility index (Phi) is 108. The lowest BCUT2D eigenvalue weighted by molar-refractivity contribution is -0.175. The van der Waals surface area contributed by atoms with Crippen molar-refractivity contribution in [2.24, 2.45) is 21.7 Å². The molecule has 1 aromatic heterocycles. The van der Waals surface area contributed by atoms with Crippen molar-refractivity contribution < 1.29 is 85.7 Å². The Balaban J connectivity index is -0.000000530. The Bertz CT molecular complexity index is 3310. The van der Waals surface area contributed by atoms with Crippen LogP contribution in [0.5, 0.6) is 0 Å². The Morgan fingerprint density at radius 1 is 0.489 bits per heavy atom. The molecule has 2 aliphatic rings. The van der Waals surface area contributed by atoms with Crippen molar-refractivity contribution in [3.63, 3.8) is 0 Å². The highest BCUT2D eigenvalue weighted by molar-refractivity contribution is 9.29. The second-order valence-electron chi connectivity index (χ2n) is 31.6. The number of nitrogens with one attached hydrogen (secondary N) is 2. The van der Waals surface area contributed by atoms with E-state index in [-0.39, 0.29) is 202 Å². The minimum Gasteiger partial charge on any atom is -0.464 e. The van der Waals surface area contributed by atoms with E-state index in [1.54, 1.807) is 97.0 Å². The SMILES string of the molecule is CC(C)(CC(C)(Br)C(=O)OCCOC1CCCCO1)C(=O)OCCS.CC(C)NC(=O)C(Br)CC(C)(C)C(=O)OCCSSCCOC(=O)C(C)(C)CC(C)(Br)C(=O)OCCOC1CCCCO1.CC(C)NC(=O)C(Br)CC(C)(C)C(=O)OCCSSc1ccccn1.PP.PP(P)P(P(P)P)P(P(P)P)P(P)P.PPB(P)C(P)(P)P.PPP.PPP(P)P(P(P)P)P(P(P)P)P(P)P. The molecule has 35 unspecified atom stereocenters. The molecule has 2 saturated heterocycles. The third kappa shape index (κ3) is 81.1. The van der Waals surface area contributed by atoms with E-state index in [9.17, 15) is 38.4 Å². The van der Waals surface area contributed by atoms with Gasteiger partial charge in [0.05, 0.1) is 44.5 Å². The summed E-state index contributed by atoms with van der Waals surface area (Å²) in [4.78, 5) is 102. The predicted octanol–water partition coefficient (Wildman–Crippen LogP) is 32.7. The van der Waals surface area contributed by atoms with Crippen molar-refractivity contribution in [1.82, 2.24) is 15.6 Å². The van der Waals surface area contributed by atoms with Gasteiger partial charge >= 0.3 is 35.8 Å². The van der Waals surface area contributed by atoms with Crippen LogP contribution in [-0.2, 0) is 85.7 Å². The summed E-state index contributed by atoms with van der Waals surface area (Å²) in [6.07, 6.45) is 9.01. The van der Waals surface area contributed by atoms with E-state index in [0.29, 0.717) is 61.8 Å². The third-order valence-electron chi connectivity index (χ3n) is 16.1. The van der Waals surface area contributed by atoms with Gasteiger partial charge in [-0.25, -0.2) is 4.98 Å². The average Bonchev–Trinajstić information content (AvgIpc) is 0.815. The van der Waals surface area contributed by atoms with Gasteiger partial charge < -0.3 is 58.0 Å². The van der Waals surface area contributed by atoms with Gasteiger partial charge in [-0.3, -0.25) is 38.4 Å². The zero-order valence-corrected chi connectivity index (χ0v) is 132. The maximum atomic E-state index is 12.7. The molecule has 0 bridgehead atoms. The standard InChI is InChI=1S/C29H49Br2NO9S2.C17H25BrN2O3S2.C17H29BrO6S.CH11BP6.H17P15.H16P14.H5P3.H4P2/c1-20(2)32-23(33)21(30)18-27(3,4)24(34)40-14-16-42-43-17-15-41-25(35)28(5,6)19-29(7,31)26(36)39-13-12-38-22-10-8-9-11-37-22;1-12(2)20-15(21)13(18)11-17(3,4)16(22)23-9-10-24-25-14-7-5-6-8-19-14;1-16(2,14(19)24-10-11-25)12-17(3,18)15(20)23-9-8-22-13-6-4-5-7-21-13;3-1(4,5)2(6)8-7;1-9-13(8)15(12(6)7)14(10(2)3)11(4)5;1-9(2)13(10(3)4)14(11(5)6)12(7)8;1-3-2;1-2/h20-22H,8-19H2,1-7H3,(H,32,33);5-8,12-13H,9-11H2,1-4H3,(H,20,21);13,25H,4-12H2,1-3H3;8H,3-7H2;9H,1-8H2;1-8H2;3H,1-2H2;1-2H2. The Morgan fingerprint density at radius 2 is 0.800 bits per heavy atom. The fourth-order valence-corrected chi connectivity index (χ4v) is 324. The number of carbonyl (C=O) groups is 8. The molecule has 3 rings (SSSR count). The fourth-order valence-electron chi connectivity index (χ4n) is 10.00. The van der Waals surface area contributed by atoms with Crippen LogP contribution in [0.2, 0.25) is 0 Å². The van der Waals surface area contributed by atoms with Crippen LogP contribution < -0.4 is 10.6 Å². The van der Waals surface area contributed by atoms with Crippen molar-refractivity contribution in [2.75, 3.05) is 89.1 Å². The highest BCUT2D eigenvalue weighted by Gasteiger charge is 2.45. The number of aromatic nitrogens is 1. The van der Waals surface area contributed by atoms with Crippen LogP contribution in [-0.4, -0.2) is 195 Å². The molecule has 135 heavy (non-hydrogen) atoms. The Labute approximate surface area is 944 Å². The quantitative estimate of drug-likeness (QED) is 0.00799. The topological polar surface area (TPSA) is 266 Å². The lowest BCUT2D eigenvalue weighted by atomic mass is 9.83. The Morgan fingerprint density at radius 3 is 1.07 bits per heavy atom. The Hall–Kier alpha value is 15.7. The second kappa shape index (κ2) is 92.0. The van der Waals surface area contributed by atoms with Gasteiger partial charge in [-0.2, -0.15) is 21.7 Å². The third-order valence-corrected chi connectivity index (χ3v) is 198. The van der Waals surface area contributed by atoms with Gasteiger partial charge in [0.15, 0.2) is 12.6 Å². The molecule has 0 saturated carbocycles. The molecular formula is C64H156BBr4N3O18P40S5. The number of ether oxygens (including phenoxy) is 10. The van der Waals surface area contributed by atoms with E-state index in [0.717, 1.165) is 67.6 Å². The van der Waals surface area contributed by atoms with E-state index >= 15 is 0 Å². The molecule has 35 atom stereocenters. The fraction of sp³-hybridized carbons (Fsp3) is 0.797. The molecule has 0 spiro atoms. The van der Waals surface area contributed by atoms with Gasteiger partial charge in [0, 0.05) is 59.0 Å². The molecule has 21 nitrogen and oxygen atoms in total. The minimum atomic E-state index is -1.07. The summed E-state index contributed by atoms with van der Waals surface area (Å²) in [5, 5.41) is 6.58. The number of nitrogens with zero attached hydrogens (tertiary/aromatic N) is 1. The first-order valence-electron chi connectivity index (χ1n) is 40.6. The molecular weight excluding hydrogens is 2830 g/mol. The number of pyridine rings is 1. The average molecular weight is 2990 g/mol. The van der Waals surface area contributed by atoms with Crippen LogP contribution in [0.15, 0.2) is 29.4 Å². The molecule has 2 aliphatic heterocycles. The van der Waals surface area contributed by atoms with E-state index in [4.69, 9.17) is 47.4 Å². The van der Waals surface area contributed by atoms with Crippen molar-refractivity contribution in [3.8, 4) is 0 Å². The number of thiol groups is 1. The lowest BCUT2D eigenvalue weighted by Gasteiger charge is -2.38. The van der Waals surface area contributed by atoms with Crippen molar-refractivity contribution in [3.05, 3.63) is 24.4 Å². The molecule has 0 aromatic carbocycles. The zero-order chi connectivity index (χ0) is 106. The number of esters is 6. The van der Waals surface area contributed by atoms with Gasteiger partial charge in [0.1, 0.15) is 53.3 Å². The first-order valence-corrected chi connectivity index (χ1v) is 113. The predicted molar refractivity (Wildman–Crippen MR) is 746 cm³/mol. The molecule has 0 aliphatic carbocycles. The summed E-state index contributed by atoms with van der Waals surface area (Å²) < 4.78 is 52.2. The summed E-state index contributed by atoms with van der Waals surface area (Å²) in [6.45, 7) is 29.8. The second-order valence-corrected chi connectivity index (χ2v) is 165. The number of amides is 2. The van der Waals surface area contributed by atoms with Crippen LogP contribution in [0.4, 0.5) is 0 Å². The van der Waals surface area contributed by atoms with E-state index in [1.807, 2.05) is 45.9 Å². The number of rotatable bonds is 53. The number of hydrogen-bond donors (Lipinski definition) is 3. The molecule has 1 aromatic rings. The van der Waals surface area contributed by atoms with Crippen molar-refractivity contribution >= 4 is 506 Å². The molecule has 0 radical (unpaired) electrons. The highest BCUT2D eigenvalue weighted by atomic mass is 79.9. The van der Waals surface area contributed by atoms with Crippen molar-refractivity contribution in [2.45, 2.75) is 214 Å². The normalized spacial score (nSPS) is 16.2. The molecule has 2 fully saturated rings. The van der Waals surface area contributed by atoms with Gasteiger partial charge in [-0.15, -0.1) is 223 Å². The summed E-state index contributed by atoms with van der Waals surface area (Å²) in [5.74, 6) is -0.336. The monoisotopic (exact) mass is 2980 g/mol. The molecule has 71 heteroatoms. The smallest absolute Gasteiger partial charge is 0.322 e. The minimum absolute atomic E-state index is 0.0195. The summed E-state index contributed by atoms with van der Waals surface area (Å²) in [6, 6.07) is 5.83. The molecule has 3 heterocycles. The van der Waals surface area contributed by atoms with Crippen LogP contribution in [0.25, 0.3) is 0 Å². The van der Waals surface area contributed by atoms with Crippen LogP contribution in [0, 0.1) is 21.7 Å². The van der Waals surface area contributed by atoms with E-state index in [2.05, 4.69) is 316 Å². The summed E-state index contributed by atoms with van der Waals surface area (Å²) >= 11 is 17.6. The molecule has 796 valence electrons. The molecule has 2 amide bonds. The number of halogens is 4. The van der Waals surface area contributed by atoms with Gasteiger partial charge in [-0.05, 0) is 268 Å². The van der Waals surface area contributed by atoms with E-state index in [1.165, 1.54) is 21.6 Å². The number of hydrogen-bond acceptors (Lipinski definition) is 24. The molecule has 2 N–H and O–H groups in total. The number of alkyl halides is 4.